The van der Waals surface area contributed by atoms with E-state index in [9.17, 15) is 9.90 Å². The van der Waals surface area contributed by atoms with E-state index in [1.165, 1.54) is 0 Å². The lowest BCUT2D eigenvalue weighted by molar-refractivity contribution is 0.0361. The number of hydrogen-bond acceptors (Lipinski definition) is 6. The monoisotopic (exact) mass is 438 g/mol. The molecule has 1 saturated heterocycles. The molecule has 8 nitrogen and oxygen atoms in total. The van der Waals surface area contributed by atoms with Gasteiger partial charge in [-0.2, -0.15) is 5.10 Å². The summed E-state index contributed by atoms with van der Waals surface area (Å²) in [5.41, 5.74) is 1.88. The van der Waals surface area contributed by atoms with Crippen molar-refractivity contribution in [2.75, 3.05) is 40.0 Å². The molecule has 1 aliphatic heterocycles. The number of carbonyl (C=O) groups is 1. The smallest absolute Gasteiger partial charge is 0.272 e. The summed E-state index contributed by atoms with van der Waals surface area (Å²) in [5, 5.41) is 18.9. The van der Waals surface area contributed by atoms with E-state index in [0.717, 1.165) is 49.3 Å². The number of aliphatic hydroxyl groups is 1. The van der Waals surface area contributed by atoms with Gasteiger partial charge in [-0.1, -0.05) is 42.5 Å². The molecule has 0 saturated carbocycles. The summed E-state index contributed by atoms with van der Waals surface area (Å²) in [6.07, 6.45) is -0.815. The third-order valence-electron chi connectivity index (χ3n) is 5.87. The van der Waals surface area contributed by atoms with E-state index >= 15 is 0 Å². The van der Waals surface area contributed by atoms with Gasteiger partial charge in [-0.15, -0.1) is 0 Å². The number of rotatable bonds is 8. The first-order valence-electron chi connectivity index (χ1n) is 11.0. The van der Waals surface area contributed by atoms with Crippen molar-refractivity contribution in [3.8, 4) is 5.75 Å². The molecule has 0 bridgehead atoms. The van der Waals surface area contributed by atoms with Crippen molar-refractivity contribution in [3.63, 3.8) is 0 Å². The molecule has 1 amide bonds. The van der Waals surface area contributed by atoms with Crippen LogP contribution in [0.15, 0.2) is 48.5 Å². The maximum Gasteiger partial charge on any atom is 0.272 e. The normalized spacial score (nSPS) is 16.6. The summed E-state index contributed by atoms with van der Waals surface area (Å²) >= 11 is 0. The predicted octanol–water partition coefficient (Wildman–Crippen LogP) is 2.23. The van der Waals surface area contributed by atoms with Crippen LogP contribution in [-0.4, -0.2) is 71.7 Å². The number of benzene rings is 2. The van der Waals surface area contributed by atoms with Crippen LogP contribution >= 0.6 is 0 Å². The van der Waals surface area contributed by atoms with Gasteiger partial charge in [0, 0.05) is 25.0 Å². The Kier molecular flexibility index (Phi) is 7.04. The minimum absolute atomic E-state index is 0.323. The van der Waals surface area contributed by atoms with E-state index in [2.05, 4.69) is 15.3 Å². The number of carbonyl (C=O) groups excluding carboxylic acids is 1. The predicted molar refractivity (Wildman–Crippen MR) is 122 cm³/mol. The number of morpholine rings is 1. The van der Waals surface area contributed by atoms with Crippen LogP contribution in [0.2, 0.25) is 0 Å². The van der Waals surface area contributed by atoms with Crippen LogP contribution in [0.4, 0.5) is 0 Å². The SMILES string of the molecule is COc1cccc2c(C(=O)N[C@H](C)[C@H](O)c3ccccc3)nn(CCN3CCOCC3)c12. The third-order valence-corrected chi connectivity index (χ3v) is 5.87. The molecule has 2 N–H and O–H groups in total. The number of fused-ring (bicyclic) bond motifs is 1. The average Bonchev–Trinajstić information content (AvgIpc) is 3.22. The van der Waals surface area contributed by atoms with Crippen molar-refractivity contribution in [2.45, 2.75) is 25.6 Å². The first-order valence-corrected chi connectivity index (χ1v) is 11.0. The number of para-hydroxylation sites is 1. The summed E-state index contributed by atoms with van der Waals surface area (Å²) in [4.78, 5) is 15.5. The minimum atomic E-state index is -0.815. The second-order valence-corrected chi connectivity index (χ2v) is 8.00. The molecule has 170 valence electrons. The number of hydrogen-bond donors (Lipinski definition) is 2. The van der Waals surface area contributed by atoms with Gasteiger partial charge in [0.05, 0.1) is 39.0 Å². The number of nitrogens with zero attached hydrogens (tertiary/aromatic N) is 3. The Labute approximate surface area is 187 Å². The van der Waals surface area contributed by atoms with Gasteiger partial charge in [0.15, 0.2) is 5.69 Å². The van der Waals surface area contributed by atoms with Gasteiger partial charge in [0.2, 0.25) is 0 Å². The maximum atomic E-state index is 13.2. The Morgan fingerprint density at radius 2 is 1.91 bits per heavy atom. The number of aromatic nitrogens is 2. The lowest BCUT2D eigenvalue weighted by Crippen LogP contribution is -2.38. The van der Waals surface area contributed by atoms with Crippen LogP contribution in [0.3, 0.4) is 0 Å². The second-order valence-electron chi connectivity index (χ2n) is 8.00. The third kappa shape index (κ3) is 4.77. The molecule has 0 unspecified atom stereocenters. The Morgan fingerprint density at radius 1 is 1.16 bits per heavy atom. The molecule has 3 aromatic rings. The zero-order valence-electron chi connectivity index (χ0n) is 18.5. The lowest BCUT2D eigenvalue weighted by atomic mass is 10.0. The zero-order valence-corrected chi connectivity index (χ0v) is 18.5. The summed E-state index contributed by atoms with van der Waals surface area (Å²) in [6.45, 7) is 6.47. The maximum absolute atomic E-state index is 13.2. The Morgan fingerprint density at radius 3 is 2.62 bits per heavy atom. The van der Waals surface area contributed by atoms with Gasteiger partial charge >= 0.3 is 0 Å². The molecule has 0 aliphatic carbocycles. The van der Waals surface area contributed by atoms with Crippen molar-refractivity contribution < 1.29 is 19.4 Å². The first-order chi connectivity index (χ1) is 15.6. The second kappa shape index (κ2) is 10.1. The molecular formula is C24H30N4O4. The highest BCUT2D eigenvalue weighted by Crippen LogP contribution is 2.28. The highest BCUT2D eigenvalue weighted by molar-refractivity contribution is 6.06. The Hall–Kier alpha value is -2.94. The molecule has 2 aromatic carbocycles. The van der Waals surface area contributed by atoms with Gasteiger partial charge < -0.3 is 19.9 Å². The van der Waals surface area contributed by atoms with Crippen LogP contribution in [-0.2, 0) is 11.3 Å². The fourth-order valence-electron chi connectivity index (χ4n) is 4.05. The minimum Gasteiger partial charge on any atom is -0.494 e. The molecule has 2 atom stereocenters. The highest BCUT2D eigenvalue weighted by atomic mass is 16.5. The van der Waals surface area contributed by atoms with E-state index in [4.69, 9.17) is 9.47 Å². The topological polar surface area (TPSA) is 88.8 Å². The Bertz CT molecular complexity index is 1050. The van der Waals surface area contributed by atoms with Gasteiger partial charge in [0.25, 0.3) is 5.91 Å². The largest absolute Gasteiger partial charge is 0.494 e. The molecule has 4 rings (SSSR count). The van der Waals surface area contributed by atoms with Crippen molar-refractivity contribution in [1.82, 2.24) is 20.0 Å². The van der Waals surface area contributed by atoms with Gasteiger partial charge in [-0.25, -0.2) is 0 Å². The lowest BCUT2D eigenvalue weighted by Gasteiger charge is -2.26. The molecule has 1 aromatic heterocycles. The fourth-order valence-corrected chi connectivity index (χ4v) is 4.05. The van der Waals surface area contributed by atoms with E-state index in [1.54, 1.807) is 14.0 Å². The van der Waals surface area contributed by atoms with Crippen LogP contribution in [0.25, 0.3) is 10.9 Å². The number of nitrogens with one attached hydrogen (secondary N) is 1. The molecule has 1 fully saturated rings. The number of aliphatic hydroxyl groups excluding tert-OH is 1. The summed E-state index contributed by atoms with van der Waals surface area (Å²) < 4.78 is 12.8. The summed E-state index contributed by atoms with van der Waals surface area (Å²) in [5.74, 6) is 0.351. The van der Waals surface area contributed by atoms with Gasteiger partial charge in [0.1, 0.15) is 11.3 Å². The Balaban J connectivity index is 1.56. The standard InChI is InChI=1S/C24H30N4O4/c1-17(23(29)18-7-4-3-5-8-18)25-24(30)21-19-9-6-10-20(31-2)22(19)28(26-21)12-11-27-13-15-32-16-14-27/h3-10,17,23,29H,11-16H2,1-2H3,(H,25,30)/t17-,23+/m1/s1. The van der Waals surface area contributed by atoms with E-state index < -0.39 is 12.1 Å². The quantitative estimate of drug-likeness (QED) is 0.561. The van der Waals surface area contributed by atoms with E-state index in [-0.39, 0.29) is 5.91 Å². The fraction of sp³-hybridized carbons (Fsp3) is 0.417. The molecular weight excluding hydrogens is 408 g/mol. The molecule has 0 radical (unpaired) electrons. The molecule has 2 heterocycles. The van der Waals surface area contributed by atoms with Crippen LogP contribution < -0.4 is 10.1 Å². The molecule has 1 aliphatic rings. The number of ether oxygens (including phenoxy) is 2. The van der Waals surface area contributed by atoms with E-state index in [1.807, 2.05) is 53.2 Å². The molecule has 32 heavy (non-hydrogen) atoms. The van der Waals surface area contributed by atoms with Crippen LogP contribution in [0.5, 0.6) is 5.75 Å². The molecule has 8 heteroatoms. The van der Waals surface area contributed by atoms with Gasteiger partial charge in [-0.05, 0) is 18.6 Å². The van der Waals surface area contributed by atoms with Crippen molar-refractivity contribution in [3.05, 3.63) is 59.8 Å². The zero-order chi connectivity index (χ0) is 22.5. The number of amides is 1. The summed E-state index contributed by atoms with van der Waals surface area (Å²) in [7, 11) is 1.62. The highest BCUT2D eigenvalue weighted by Gasteiger charge is 2.24. The van der Waals surface area contributed by atoms with E-state index in [0.29, 0.717) is 18.0 Å². The first kappa shape index (κ1) is 22.3. The van der Waals surface area contributed by atoms with Crippen molar-refractivity contribution >= 4 is 16.8 Å². The van der Waals surface area contributed by atoms with Crippen molar-refractivity contribution in [2.24, 2.45) is 0 Å². The van der Waals surface area contributed by atoms with Gasteiger partial charge in [-0.3, -0.25) is 14.4 Å². The average molecular weight is 439 g/mol. The molecule has 0 spiro atoms. The number of methoxy groups -OCH3 is 1. The van der Waals surface area contributed by atoms with Crippen LogP contribution in [0.1, 0.15) is 29.1 Å². The van der Waals surface area contributed by atoms with Crippen molar-refractivity contribution in [1.29, 1.82) is 0 Å². The van der Waals surface area contributed by atoms with Crippen LogP contribution in [0, 0.1) is 0 Å². The summed E-state index contributed by atoms with van der Waals surface area (Å²) in [6, 6.07) is 14.4.